The fraction of sp³-hybridized carbons (Fsp3) is 0.471. The van der Waals surface area contributed by atoms with Crippen molar-refractivity contribution in [1.82, 2.24) is 15.1 Å². The molecule has 2 aliphatic rings. The third kappa shape index (κ3) is 2.73. The van der Waals surface area contributed by atoms with E-state index in [-0.39, 0.29) is 17.9 Å². The van der Waals surface area contributed by atoms with Crippen molar-refractivity contribution in [1.29, 1.82) is 0 Å². The molecule has 6 nitrogen and oxygen atoms in total. The topological polar surface area (TPSA) is 69.3 Å². The first kappa shape index (κ1) is 15.4. The Morgan fingerprint density at radius 2 is 2.25 bits per heavy atom. The Morgan fingerprint density at radius 3 is 3.08 bits per heavy atom. The van der Waals surface area contributed by atoms with Crippen molar-refractivity contribution >= 4 is 28.8 Å². The molecule has 1 N–H and O–H groups in total. The fourth-order valence-corrected chi connectivity index (χ4v) is 4.35. The third-order valence-electron chi connectivity index (χ3n) is 4.82. The van der Waals surface area contributed by atoms with E-state index in [9.17, 15) is 9.59 Å². The maximum atomic E-state index is 13.1. The number of H-pyrrole nitrogens is 1. The predicted octanol–water partition coefficient (Wildman–Crippen LogP) is 1.98. The quantitative estimate of drug-likeness (QED) is 0.926. The normalized spacial score (nSPS) is 20.2. The standard InChI is InChI=1S/C17H20N4O2S/c22-16(10-12-4-3-9-24-12)20-7-2-6-14(20)17(23)21-8-1-5-13-15(21)11-18-19-13/h3-4,9,11,14H,1-2,5-8,10H2,(H,18,19). The first-order valence-electron chi connectivity index (χ1n) is 8.39. The summed E-state index contributed by atoms with van der Waals surface area (Å²) in [6.07, 6.45) is 5.59. The van der Waals surface area contributed by atoms with E-state index >= 15 is 0 Å². The Bertz CT molecular complexity index is 740. The molecule has 2 aliphatic heterocycles. The van der Waals surface area contributed by atoms with E-state index in [2.05, 4.69) is 10.2 Å². The molecule has 0 radical (unpaired) electrons. The summed E-state index contributed by atoms with van der Waals surface area (Å²) in [6, 6.07) is 3.59. The highest BCUT2D eigenvalue weighted by molar-refractivity contribution is 7.10. The molecule has 0 aliphatic carbocycles. The van der Waals surface area contributed by atoms with Gasteiger partial charge in [0.05, 0.1) is 24.0 Å². The summed E-state index contributed by atoms with van der Waals surface area (Å²) in [7, 11) is 0. The minimum absolute atomic E-state index is 0.0365. The molecule has 126 valence electrons. The second-order valence-electron chi connectivity index (χ2n) is 6.33. The van der Waals surface area contributed by atoms with Gasteiger partial charge in [-0.1, -0.05) is 6.07 Å². The molecule has 4 heterocycles. The average Bonchev–Trinajstić information content (AvgIpc) is 3.33. The number of nitrogens with one attached hydrogen (secondary N) is 1. The number of anilines is 1. The predicted molar refractivity (Wildman–Crippen MR) is 92.0 cm³/mol. The highest BCUT2D eigenvalue weighted by atomic mass is 32.1. The minimum Gasteiger partial charge on any atom is -0.330 e. The summed E-state index contributed by atoms with van der Waals surface area (Å²) in [5, 5.41) is 9.02. The van der Waals surface area contributed by atoms with Crippen LogP contribution in [0.5, 0.6) is 0 Å². The summed E-state index contributed by atoms with van der Waals surface area (Å²) < 4.78 is 0. The zero-order valence-corrected chi connectivity index (χ0v) is 14.2. The number of carbonyl (C=O) groups excluding carboxylic acids is 2. The van der Waals surface area contributed by atoms with Crippen LogP contribution in [0.25, 0.3) is 0 Å². The zero-order chi connectivity index (χ0) is 16.5. The molecule has 1 saturated heterocycles. The largest absolute Gasteiger partial charge is 0.330 e. The number of rotatable bonds is 3. The third-order valence-corrected chi connectivity index (χ3v) is 5.70. The maximum absolute atomic E-state index is 13.1. The zero-order valence-electron chi connectivity index (χ0n) is 13.4. The molecule has 1 atom stereocenters. The molecule has 4 rings (SSSR count). The summed E-state index contributed by atoms with van der Waals surface area (Å²) in [5.41, 5.74) is 1.90. The SMILES string of the molecule is O=C(C1CCCN1C(=O)Cc1cccs1)N1CCCc2[nH]ncc21. The first-order valence-corrected chi connectivity index (χ1v) is 9.27. The van der Waals surface area contributed by atoms with Crippen LogP contribution in [0.4, 0.5) is 5.69 Å². The number of carbonyl (C=O) groups is 2. The molecule has 2 aromatic rings. The number of nitrogens with zero attached hydrogens (tertiary/aromatic N) is 3. The molecule has 0 saturated carbocycles. The molecule has 7 heteroatoms. The lowest BCUT2D eigenvalue weighted by molar-refractivity contribution is -0.136. The van der Waals surface area contributed by atoms with E-state index in [0.717, 1.165) is 41.9 Å². The average molecular weight is 344 g/mol. The molecule has 2 aromatic heterocycles. The summed E-state index contributed by atoms with van der Waals surface area (Å²) in [4.78, 5) is 30.4. The van der Waals surface area contributed by atoms with Gasteiger partial charge in [0.25, 0.3) is 0 Å². The van der Waals surface area contributed by atoms with Gasteiger partial charge in [-0.15, -0.1) is 11.3 Å². The van der Waals surface area contributed by atoms with Crippen LogP contribution in [-0.4, -0.2) is 46.0 Å². The van der Waals surface area contributed by atoms with Crippen LogP contribution < -0.4 is 4.90 Å². The highest BCUT2D eigenvalue weighted by Gasteiger charge is 2.38. The van der Waals surface area contributed by atoms with Crippen LogP contribution in [0.1, 0.15) is 29.8 Å². The van der Waals surface area contributed by atoms with Crippen LogP contribution in [0.15, 0.2) is 23.7 Å². The fourth-order valence-electron chi connectivity index (χ4n) is 3.65. The van der Waals surface area contributed by atoms with Crippen LogP contribution in [0, 0.1) is 0 Å². The molecular weight excluding hydrogens is 324 g/mol. The van der Waals surface area contributed by atoms with Crippen molar-refractivity contribution in [3.8, 4) is 0 Å². The van der Waals surface area contributed by atoms with Gasteiger partial charge < -0.3 is 9.80 Å². The number of thiophene rings is 1. The molecular formula is C17H20N4O2S. The number of fused-ring (bicyclic) bond motifs is 1. The van der Waals surface area contributed by atoms with E-state index < -0.39 is 0 Å². The Balaban J connectivity index is 1.51. The van der Waals surface area contributed by atoms with Gasteiger partial charge in [-0.25, -0.2) is 0 Å². The van der Waals surface area contributed by atoms with Crippen molar-refractivity contribution in [3.05, 3.63) is 34.3 Å². The molecule has 24 heavy (non-hydrogen) atoms. The van der Waals surface area contributed by atoms with Gasteiger partial charge in [0, 0.05) is 18.0 Å². The van der Waals surface area contributed by atoms with E-state index in [0.29, 0.717) is 19.5 Å². The van der Waals surface area contributed by atoms with Gasteiger partial charge in [-0.2, -0.15) is 5.10 Å². The highest BCUT2D eigenvalue weighted by Crippen LogP contribution is 2.29. The first-order chi connectivity index (χ1) is 11.7. The van der Waals surface area contributed by atoms with E-state index in [4.69, 9.17) is 0 Å². The van der Waals surface area contributed by atoms with Gasteiger partial charge in [0.2, 0.25) is 11.8 Å². The van der Waals surface area contributed by atoms with E-state index in [1.54, 1.807) is 22.4 Å². The van der Waals surface area contributed by atoms with E-state index in [1.165, 1.54) is 0 Å². The number of aromatic nitrogens is 2. The van der Waals surface area contributed by atoms with Crippen molar-refractivity contribution < 1.29 is 9.59 Å². The summed E-state index contributed by atoms with van der Waals surface area (Å²) >= 11 is 1.58. The Hall–Kier alpha value is -2.15. The molecule has 2 amide bonds. The summed E-state index contributed by atoms with van der Waals surface area (Å²) in [5.74, 6) is 0.0899. The molecule has 0 bridgehead atoms. The van der Waals surface area contributed by atoms with Crippen molar-refractivity contribution in [2.75, 3.05) is 18.0 Å². The minimum atomic E-state index is -0.335. The van der Waals surface area contributed by atoms with Gasteiger partial charge >= 0.3 is 0 Å². The number of aromatic amines is 1. The molecule has 0 aromatic carbocycles. The Kier molecular flexibility index (Phi) is 4.10. The van der Waals surface area contributed by atoms with Crippen LogP contribution in [0.2, 0.25) is 0 Å². The van der Waals surface area contributed by atoms with Gasteiger partial charge in [0.15, 0.2) is 0 Å². The Labute approximate surface area is 144 Å². The number of amides is 2. The van der Waals surface area contributed by atoms with Crippen molar-refractivity contribution in [3.63, 3.8) is 0 Å². The lowest BCUT2D eigenvalue weighted by atomic mass is 10.1. The lowest BCUT2D eigenvalue weighted by Crippen LogP contribution is -2.49. The molecule has 0 spiro atoms. The van der Waals surface area contributed by atoms with Crippen molar-refractivity contribution in [2.45, 2.75) is 38.1 Å². The molecule has 1 unspecified atom stereocenters. The Morgan fingerprint density at radius 1 is 1.33 bits per heavy atom. The maximum Gasteiger partial charge on any atom is 0.249 e. The van der Waals surface area contributed by atoms with Crippen molar-refractivity contribution in [2.24, 2.45) is 0 Å². The molecule has 1 fully saturated rings. The second kappa shape index (κ2) is 6.39. The van der Waals surface area contributed by atoms with Crippen LogP contribution in [-0.2, 0) is 22.4 Å². The van der Waals surface area contributed by atoms with Gasteiger partial charge in [-0.05, 0) is 37.1 Å². The lowest BCUT2D eigenvalue weighted by Gasteiger charge is -2.32. The number of likely N-dealkylation sites (tertiary alicyclic amines) is 1. The smallest absolute Gasteiger partial charge is 0.249 e. The van der Waals surface area contributed by atoms with Crippen LogP contribution >= 0.6 is 11.3 Å². The summed E-state index contributed by atoms with van der Waals surface area (Å²) in [6.45, 7) is 1.38. The second-order valence-corrected chi connectivity index (χ2v) is 7.36. The van der Waals surface area contributed by atoms with Crippen LogP contribution in [0.3, 0.4) is 0 Å². The van der Waals surface area contributed by atoms with E-state index in [1.807, 2.05) is 22.4 Å². The van der Waals surface area contributed by atoms with Gasteiger partial charge in [-0.3, -0.25) is 14.7 Å². The monoisotopic (exact) mass is 344 g/mol. The number of aryl methyl sites for hydroxylation is 1. The number of hydrogen-bond donors (Lipinski definition) is 1. The van der Waals surface area contributed by atoms with Gasteiger partial charge in [0.1, 0.15) is 6.04 Å². The number of hydrogen-bond acceptors (Lipinski definition) is 4.